The van der Waals surface area contributed by atoms with Crippen molar-refractivity contribution in [2.75, 3.05) is 5.88 Å². The highest BCUT2D eigenvalue weighted by Gasteiger charge is 2.14. The Hall–Kier alpha value is 0.100. The maximum absolute atomic E-state index is 10.1. The molecule has 0 bridgehead atoms. The molecular formula is C2H6N2O2PS2+. The Labute approximate surface area is 63.4 Å². The maximum Gasteiger partial charge on any atom is 0.446 e. The van der Waals surface area contributed by atoms with E-state index in [0.717, 1.165) is 16.6 Å². The summed E-state index contributed by atoms with van der Waals surface area (Å²) in [7, 11) is -0.148. The topological polar surface area (TPSA) is 66.6 Å². The normalized spacial score (nSPS) is 9.44. The number of hydrogen-bond donors (Lipinski definition) is 2. The zero-order valence-electron chi connectivity index (χ0n) is 4.40. The van der Waals surface area contributed by atoms with E-state index >= 15 is 0 Å². The largest absolute Gasteiger partial charge is 0.462 e. The molecule has 0 aliphatic heterocycles. The standard InChI is InChI=1S/C2H5N2O2PS2/c3-9-1-4(7-8)2(5)6/h1,3H2,(H,5,6)/p+1. The molecule has 7 heteroatoms. The monoisotopic (exact) mass is 185 g/mol. The molecule has 0 rings (SSSR count). The minimum Gasteiger partial charge on any atom is -0.462 e. The number of nitrogens with zero attached hydrogens (tertiary/aromatic N) is 1. The van der Waals surface area contributed by atoms with Gasteiger partial charge in [-0.2, -0.15) is 0 Å². The van der Waals surface area contributed by atoms with Crippen molar-refractivity contribution in [1.82, 2.24) is 4.67 Å². The molecule has 52 valence electrons. The Morgan fingerprint density at radius 2 is 2.56 bits per heavy atom. The predicted octanol–water partition coefficient (Wildman–Crippen LogP) is 0.586. The van der Waals surface area contributed by atoms with E-state index in [2.05, 4.69) is 11.8 Å². The zero-order chi connectivity index (χ0) is 7.28. The van der Waals surface area contributed by atoms with E-state index in [9.17, 15) is 4.79 Å². The van der Waals surface area contributed by atoms with E-state index in [1.54, 1.807) is 0 Å². The van der Waals surface area contributed by atoms with Crippen LogP contribution in [0.4, 0.5) is 4.79 Å². The van der Waals surface area contributed by atoms with Crippen LogP contribution >= 0.6 is 19.5 Å². The van der Waals surface area contributed by atoms with Gasteiger partial charge in [0.1, 0.15) is 5.88 Å². The van der Waals surface area contributed by atoms with Crippen molar-refractivity contribution in [3.63, 3.8) is 0 Å². The average molecular weight is 185 g/mol. The van der Waals surface area contributed by atoms with Crippen LogP contribution in [-0.4, -0.2) is 21.7 Å². The van der Waals surface area contributed by atoms with E-state index in [-0.39, 0.29) is 13.4 Å². The molecule has 9 heavy (non-hydrogen) atoms. The van der Waals surface area contributed by atoms with Gasteiger partial charge >= 0.3 is 6.09 Å². The highest BCUT2D eigenvalue weighted by atomic mass is 32.4. The van der Waals surface area contributed by atoms with Gasteiger partial charge in [0, 0.05) is 0 Å². The van der Waals surface area contributed by atoms with E-state index in [0.29, 0.717) is 0 Å². The molecule has 0 saturated heterocycles. The lowest BCUT2D eigenvalue weighted by Gasteiger charge is -1.99. The highest BCUT2D eigenvalue weighted by Crippen LogP contribution is 2.07. The van der Waals surface area contributed by atoms with Gasteiger partial charge in [-0.3, -0.25) is 5.14 Å². The number of hydrogen-bond acceptors (Lipinski definition) is 4. The molecule has 1 unspecified atom stereocenters. The van der Waals surface area contributed by atoms with Crippen molar-refractivity contribution < 1.29 is 9.90 Å². The molecule has 0 aliphatic carbocycles. The Morgan fingerprint density at radius 1 is 2.00 bits per heavy atom. The fourth-order valence-electron chi connectivity index (χ4n) is 0.195. The fraction of sp³-hybridized carbons (Fsp3) is 0.500. The molecule has 0 aromatic heterocycles. The van der Waals surface area contributed by atoms with Crippen molar-refractivity contribution in [2.24, 2.45) is 5.14 Å². The minimum atomic E-state index is -1.01. The molecule has 3 N–H and O–H groups in total. The van der Waals surface area contributed by atoms with E-state index in [1.807, 2.05) is 0 Å². The number of amides is 1. The summed E-state index contributed by atoms with van der Waals surface area (Å²) in [5.41, 5.74) is 0. The number of rotatable bonds is 3. The van der Waals surface area contributed by atoms with E-state index < -0.39 is 6.09 Å². The first-order valence-electron chi connectivity index (χ1n) is 1.92. The number of carbonyl (C=O) groups is 1. The molecule has 0 spiro atoms. The van der Waals surface area contributed by atoms with Gasteiger partial charge in [0.15, 0.2) is 11.8 Å². The zero-order valence-corrected chi connectivity index (χ0v) is 7.04. The van der Waals surface area contributed by atoms with Crippen molar-refractivity contribution >= 4 is 37.4 Å². The summed E-state index contributed by atoms with van der Waals surface area (Å²) in [6.45, 7) is 0. The van der Waals surface area contributed by atoms with Gasteiger partial charge in [-0.25, -0.2) is 4.79 Å². The Morgan fingerprint density at radius 3 is 2.67 bits per heavy atom. The lowest BCUT2D eigenvalue weighted by atomic mass is 11.1. The highest BCUT2D eigenvalue weighted by molar-refractivity contribution is 7.98. The van der Waals surface area contributed by atoms with Crippen LogP contribution in [0.25, 0.3) is 0 Å². The third-order valence-corrected chi connectivity index (χ3v) is 2.41. The summed E-state index contributed by atoms with van der Waals surface area (Å²) in [4.78, 5) is 10.1. The van der Waals surface area contributed by atoms with Crippen LogP contribution in [0.15, 0.2) is 0 Å². The first-order chi connectivity index (χ1) is 4.22. The van der Waals surface area contributed by atoms with Crippen LogP contribution in [0.2, 0.25) is 0 Å². The first kappa shape index (κ1) is 9.10. The summed E-state index contributed by atoms with van der Waals surface area (Å²) in [6.07, 6.45) is -1.01. The van der Waals surface area contributed by atoms with Crippen molar-refractivity contribution in [1.29, 1.82) is 0 Å². The Bertz CT molecular complexity index is 121. The molecule has 0 fully saturated rings. The molecular weight excluding hydrogens is 179 g/mol. The molecule has 0 radical (unpaired) electrons. The lowest BCUT2D eigenvalue weighted by molar-refractivity contribution is 0.179. The summed E-state index contributed by atoms with van der Waals surface area (Å²) in [5.74, 6) is 0.247. The average Bonchev–Trinajstić information content (AvgIpc) is 1.82. The third-order valence-electron chi connectivity index (χ3n) is 0.545. The summed E-state index contributed by atoms with van der Waals surface area (Å²) < 4.78 is 1.07. The SMILES string of the molecule is NSCN([PH+]=S)C(=O)O. The second-order valence-electron chi connectivity index (χ2n) is 1.10. The van der Waals surface area contributed by atoms with Crippen LogP contribution in [0, 0.1) is 0 Å². The molecule has 1 atom stereocenters. The third kappa shape index (κ3) is 3.64. The quantitative estimate of drug-likeness (QED) is 0.382. The van der Waals surface area contributed by atoms with Crippen LogP contribution in [0.5, 0.6) is 0 Å². The molecule has 0 heterocycles. The van der Waals surface area contributed by atoms with Crippen LogP contribution in [0.3, 0.4) is 0 Å². The minimum absolute atomic E-state index is 0.148. The van der Waals surface area contributed by atoms with Gasteiger partial charge in [-0.15, -0.1) is 4.67 Å². The van der Waals surface area contributed by atoms with Gasteiger partial charge < -0.3 is 5.11 Å². The molecule has 0 aromatic carbocycles. The van der Waals surface area contributed by atoms with Gasteiger partial charge in [0.05, 0.1) is 0 Å². The first-order valence-corrected chi connectivity index (χ1v) is 5.05. The van der Waals surface area contributed by atoms with Crippen LogP contribution in [0.1, 0.15) is 0 Å². The van der Waals surface area contributed by atoms with Crippen molar-refractivity contribution in [2.45, 2.75) is 0 Å². The molecule has 0 aliphatic rings. The predicted molar refractivity (Wildman–Crippen MR) is 42.2 cm³/mol. The van der Waals surface area contributed by atoms with E-state index in [1.165, 1.54) is 0 Å². The molecule has 0 aromatic rings. The van der Waals surface area contributed by atoms with E-state index in [4.69, 9.17) is 10.2 Å². The van der Waals surface area contributed by atoms with Gasteiger partial charge in [0.2, 0.25) is 0 Å². The molecule has 0 saturated carbocycles. The smallest absolute Gasteiger partial charge is 0.446 e. The van der Waals surface area contributed by atoms with Gasteiger partial charge in [-0.05, 0) is 0 Å². The van der Waals surface area contributed by atoms with Crippen molar-refractivity contribution in [3.8, 4) is 0 Å². The van der Waals surface area contributed by atoms with Gasteiger partial charge in [0.25, 0.3) is 7.51 Å². The number of carboxylic acid groups (broad SMARTS) is 1. The second-order valence-corrected chi connectivity index (χ2v) is 2.96. The Kier molecular flexibility index (Phi) is 4.99. The van der Waals surface area contributed by atoms with Gasteiger partial charge in [-0.1, -0.05) is 11.9 Å². The number of nitrogens with two attached hydrogens (primary N) is 1. The lowest BCUT2D eigenvalue weighted by Crippen LogP contribution is -2.19. The molecule has 1 amide bonds. The Balaban J connectivity index is 3.68. The summed E-state index contributed by atoms with van der Waals surface area (Å²) >= 11 is 5.47. The van der Waals surface area contributed by atoms with Crippen molar-refractivity contribution in [3.05, 3.63) is 0 Å². The molecule has 4 nitrogen and oxygen atoms in total. The fourth-order valence-corrected chi connectivity index (χ4v) is 1.68. The summed E-state index contributed by atoms with van der Waals surface area (Å²) in [6, 6.07) is 0. The summed E-state index contributed by atoms with van der Waals surface area (Å²) in [5, 5.41) is 13.3. The van der Waals surface area contributed by atoms with Crippen LogP contribution < -0.4 is 5.14 Å². The maximum atomic E-state index is 10.1. The van der Waals surface area contributed by atoms with Crippen LogP contribution in [-0.2, 0) is 11.8 Å². The second kappa shape index (κ2) is 4.93.